The van der Waals surface area contributed by atoms with Gasteiger partial charge in [-0.15, -0.1) is 0 Å². The molecule has 0 aliphatic rings. The number of rotatable bonds is 8. The summed E-state index contributed by atoms with van der Waals surface area (Å²) in [6.07, 6.45) is 4.82. The van der Waals surface area contributed by atoms with Gasteiger partial charge < -0.3 is 10.6 Å². The molecular formula is C18H20ClN3O2. The van der Waals surface area contributed by atoms with Gasteiger partial charge in [-0.05, 0) is 36.6 Å². The summed E-state index contributed by atoms with van der Waals surface area (Å²) in [6.45, 7) is 1.02. The van der Waals surface area contributed by atoms with Crippen molar-refractivity contribution < 1.29 is 9.59 Å². The fourth-order valence-corrected chi connectivity index (χ4v) is 2.39. The number of carbonyl (C=O) groups excluding carboxylic acids is 2. The topological polar surface area (TPSA) is 71.1 Å². The van der Waals surface area contributed by atoms with Gasteiger partial charge in [0, 0.05) is 36.9 Å². The van der Waals surface area contributed by atoms with Crippen LogP contribution < -0.4 is 10.6 Å². The third-order valence-corrected chi connectivity index (χ3v) is 3.83. The second kappa shape index (κ2) is 9.67. The van der Waals surface area contributed by atoms with Crippen molar-refractivity contribution in [2.75, 3.05) is 13.1 Å². The van der Waals surface area contributed by atoms with E-state index >= 15 is 0 Å². The Balaban J connectivity index is 1.58. The van der Waals surface area contributed by atoms with Gasteiger partial charge in [0.05, 0.1) is 5.56 Å². The first kappa shape index (κ1) is 17.9. The zero-order valence-corrected chi connectivity index (χ0v) is 14.1. The molecule has 5 nitrogen and oxygen atoms in total. The van der Waals surface area contributed by atoms with Crippen molar-refractivity contribution in [2.24, 2.45) is 0 Å². The van der Waals surface area contributed by atoms with Gasteiger partial charge in [-0.2, -0.15) is 0 Å². The van der Waals surface area contributed by atoms with Crippen LogP contribution in [0.3, 0.4) is 0 Å². The zero-order chi connectivity index (χ0) is 17.2. The summed E-state index contributed by atoms with van der Waals surface area (Å²) in [4.78, 5) is 27.5. The number of hydrogen-bond acceptors (Lipinski definition) is 3. The van der Waals surface area contributed by atoms with Gasteiger partial charge in [-0.3, -0.25) is 14.6 Å². The summed E-state index contributed by atoms with van der Waals surface area (Å²) >= 11 is 6.06. The number of carbonyl (C=O) groups is 2. The molecule has 2 N–H and O–H groups in total. The van der Waals surface area contributed by atoms with E-state index in [0.717, 1.165) is 5.56 Å². The maximum atomic E-state index is 11.8. The quantitative estimate of drug-likeness (QED) is 0.722. The van der Waals surface area contributed by atoms with E-state index in [9.17, 15) is 9.59 Å². The number of nitrogens with zero attached hydrogens (tertiary/aromatic N) is 1. The molecule has 0 aliphatic carbocycles. The van der Waals surface area contributed by atoms with Crippen LogP contribution in [0.5, 0.6) is 0 Å². The zero-order valence-electron chi connectivity index (χ0n) is 13.3. The van der Waals surface area contributed by atoms with E-state index in [1.165, 1.54) is 6.20 Å². The van der Waals surface area contributed by atoms with Crippen molar-refractivity contribution >= 4 is 23.4 Å². The molecule has 1 heterocycles. The minimum absolute atomic E-state index is 0.0199. The minimum Gasteiger partial charge on any atom is -0.356 e. The molecule has 126 valence electrons. The van der Waals surface area contributed by atoms with E-state index in [-0.39, 0.29) is 11.8 Å². The molecule has 0 bridgehead atoms. The number of hydrogen-bond donors (Lipinski definition) is 2. The van der Waals surface area contributed by atoms with Crippen LogP contribution >= 0.6 is 11.6 Å². The summed E-state index contributed by atoms with van der Waals surface area (Å²) < 4.78 is 0. The van der Waals surface area contributed by atoms with Crippen molar-refractivity contribution in [1.82, 2.24) is 15.6 Å². The van der Waals surface area contributed by atoms with E-state index in [1.54, 1.807) is 18.3 Å². The highest BCUT2D eigenvalue weighted by Crippen LogP contribution is 2.16. The molecule has 0 fully saturated rings. The Morgan fingerprint density at radius 1 is 1.04 bits per heavy atom. The first-order valence-corrected chi connectivity index (χ1v) is 8.23. The highest BCUT2D eigenvalue weighted by molar-refractivity contribution is 6.31. The van der Waals surface area contributed by atoms with Crippen LogP contribution in [0.15, 0.2) is 48.8 Å². The number of amides is 2. The van der Waals surface area contributed by atoms with Crippen LogP contribution in [0.25, 0.3) is 0 Å². The second-order valence-corrected chi connectivity index (χ2v) is 5.70. The number of halogens is 1. The minimum atomic E-state index is -0.159. The van der Waals surface area contributed by atoms with Gasteiger partial charge in [-0.25, -0.2) is 0 Å². The predicted octanol–water partition coefficient (Wildman–Crippen LogP) is 2.60. The second-order valence-electron chi connectivity index (χ2n) is 5.29. The van der Waals surface area contributed by atoms with Crippen LogP contribution in [0, 0.1) is 0 Å². The lowest BCUT2D eigenvalue weighted by Gasteiger charge is -2.07. The molecule has 2 amide bonds. The monoisotopic (exact) mass is 345 g/mol. The van der Waals surface area contributed by atoms with Crippen molar-refractivity contribution in [3.05, 3.63) is 64.9 Å². The van der Waals surface area contributed by atoms with Gasteiger partial charge in [0.15, 0.2) is 0 Å². The number of benzene rings is 1. The van der Waals surface area contributed by atoms with Crippen molar-refractivity contribution in [1.29, 1.82) is 0 Å². The molecule has 0 unspecified atom stereocenters. The van der Waals surface area contributed by atoms with E-state index in [0.29, 0.717) is 42.9 Å². The Morgan fingerprint density at radius 3 is 2.58 bits per heavy atom. The Morgan fingerprint density at radius 2 is 1.83 bits per heavy atom. The molecular weight excluding hydrogens is 326 g/mol. The number of aromatic nitrogens is 1. The Labute approximate surface area is 146 Å². The largest absolute Gasteiger partial charge is 0.356 e. The van der Waals surface area contributed by atoms with Gasteiger partial charge in [0.25, 0.3) is 5.91 Å². The van der Waals surface area contributed by atoms with Crippen LogP contribution in [-0.2, 0) is 11.2 Å². The molecule has 0 radical (unpaired) electrons. The summed E-state index contributed by atoms with van der Waals surface area (Å²) in [5.41, 5.74) is 1.50. The lowest BCUT2D eigenvalue weighted by Crippen LogP contribution is -2.30. The van der Waals surface area contributed by atoms with Crippen molar-refractivity contribution in [3.63, 3.8) is 0 Å². The van der Waals surface area contributed by atoms with Gasteiger partial charge in [-0.1, -0.05) is 29.8 Å². The standard InChI is InChI=1S/C18H20ClN3O2/c19-16-7-2-1-5-14(16)8-9-17(23)21-11-4-12-22-18(24)15-6-3-10-20-13-15/h1-3,5-7,10,13H,4,8-9,11-12H2,(H,21,23)(H,22,24). The normalized spacial score (nSPS) is 10.2. The van der Waals surface area contributed by atoms with Crippen LogP contribution in [-0.4, -0.2) is 29.9 Å². The summed E-state index contributed by atoms with van der Waals surface area (Å²) in [5, 5.41) is 6.31. The molecule has 0 spiro atoms. The Bertz CT molecular complexity index is 677. The summed E-state index contributed by atoms with van der Waals surface area (Å²) in [6, 6.07) is 10.9. The third-order valence-electron chi connectivity index (χ3n) is 3.46. The fourth-order valence-electron chi connectivity index (χ4n) is 2.15. The van der Waals surface area contributed by atoms with Crippen LogP contribution in [0.2, 0.25) is 5.02 Å². The Kier molecular flexibility index (Phi) is 7.23. The molecule has 24 heavy (non-hydrogen) atoms. The first-order valence-electron chi connectivity index (χ1n) is 7.85. The molecule has 2 aromatic rings. The fraction of sp³-hybridized carbons (Fsp3) is 0.278. The molecule has 0 aliphatic heterocycles. The lowest BCUT2D eigenvalue weighted by atomic mass is 10.1. The smallest absolute Gasteiger partial charge is 0.252 e. The number of pyridine rings is 1. The van der Waals surface area contributed by atoms with E-state index < -0.39 is 0 Å². The molecule has 0 atom stereocenters. The molecule has 0 saturated heterocycles. The average Bonchev–Trinajstić information content (AvgIpc) is 2.61. The summed E-state index contributed by atoms with van der Waals surface area (Å²) in [7, 11) is 0. The van der Waals surface area contributed by atoms with Crippen LogP contribution in [0.4, 0.5) is 0 Å². The predicted molar refractivity (Wildman–Crippen MR) is 94.0 cm³/mol. The van der Waals surface area contributed by atoms with E-state index in [4.69, 9.17) is 11.6 Å². The molecule has 6 heteroatoms. The average molecular weight is 346 g/mol. The van der Waals surface area contributed by atoms with Crippen LogP contribution in [0.1, 0.15) is 28.8 Å². The first-order chi connectivity index (χ1) is 11.7. The number of aryl methyl sites for hydroxylation is 1. The van der Waals surface area contributed by atoms with E-state index in [2.05, 4.69) is 15.6 Å². The summed E-state index contributed by atoms with van der Waals surface area (Å²) in [5.74, 6) is -0.179. The lowest BCUT2D eigenvalue weighted by molar-refractivity contribution is -0.121. The maximum absolute atomic E-state index is 11.8. The number of nitrogens with one attached hydrogen (secondary N) is 2. The molecule has 2 rings (SSSR count). The van der Waals surface area contributed by atoms with Gasteiger partial charge in [0.2, 0.25) is 5.91 Å². The highest BCUT2D eigenvalue weighted by atomic mass is 35.5. The van der Waals surface area contributed by atoms with E-state index in [1.807, 2.05) is 24.3 Å². The Hall–Kier alpha value is -2.40. The van der Waals surface area contributed by atoms with Gasteiger partial charge >= 0.3 is 0 Å². The molecule has 1 aromatic carbocycles. The SMILES string of the molecule is O=C(CCc1ccccc1Cl)NCCCNC(=O)c1cccnc1. The van der Waals surface area contributed by atoms with Crippen molar-refractivity contribution in [2.45, 2.75) is 19.3 Å². The maximum Gasteiger partial charge on any atom is 0.252 e. The third kappa shape index (κ3) is 6.01. The highest BCUT2D eigenvalue weighted by Gasteiger charge is 2.06. The van der Waals surface area contributed by atoms with Gasteiger partial charge in [0.1, 0.15) is 0 Å². The molecule has 0 saturated carbocycles. The molecule has 1 aromatic heterocycles. The van der Waals surface area contributed by atoms with Crippen molar-refractivity contribution in [3.8, 4) is 0 Å².